The van der Waals surface area contributed by atoms with Crippen LogP contribution in [0, 0.1) is 0 Å². The Balaban J connectivity index is 1.46. The molecular weight excluding hydrogens is 392 g/mol. The fourth-order valence-electron chi connectivity index (χ4n) is 2.36. The minimum Gasteiger partial charge on any atom is -0.488 e. The quantitative estimate of drug-likeness (QED) is 0.483. The average molecular weight is 409 g/mol. The lowest BCUT2D eigenvalue weighted by molar-refractivity contribution is -0.118. The van der Waals surface area contributed by atoms with Crippen molar-refractivity contribution in [1.82, 2.24) is 24.9 Å². The van der Waals surface area contributed by atoms with Crippen molar-refractivity contribution >= 4 is 23.9 Å². The number of carbonyl (C=O) groups is 2. The van der Waals surface area contributed by atoms with Gasteiger partial charge in [-0.1, -0.05) is 6.07 Å². The van der Waals surface area contributed by atoms with Gasteiger partial charge in [-0.25, -0.2) is 23.5 Å². The molecule has 11 heteroatoms. The number of ether oxygens (including phenoxy) is 1. The topological polar surface area (TPSA) is 96.5 Å². The van der Waals surface area contributed by atoms with Crippen molar-refractivity contribution in [1.29, 1.82) is 0 Å². The van der Waals surface area contributed by atoms with Crippen LogP contribution in [-0.4, -0.2) is 46.4 Å². The molecule has 1 aliphatic rings. The van der Waals surface area contributed by atoms with Gasteiger partial charge in [-0.05, 0) is 30.1 Å². The first-order chi connectivity index (χ1) is 13.5. The Morgan fingerprint density at radius 1 is 1.29 bits per heavy atom. The van der Waals surface area contributed by atoms with E-state index in [9.17, 15) is 18.4 Å². The smallest absolute Gasteiger partial charge is 0.324 e. The number of carbonyl (C=O) groups excluding carboxylic acids is 2. The molecule has 0 unspecified atom stereocenters. The molecule has 0 radical (unpaired) electrons. The van der Waals surface area contributed by atoms with Gasteiger partial charge in [0.1, 0.15) is 24.7 Å². The largest absolute Gasteiger partial charge is 0.488 e. The summed E-state index contributed by atoms with van der Waals surface area (Å²) in [6, 6.07) is 6.38. The van der Waals surface area contributed by atoms with Gasteiger partial charge in [0.2, 0.25) is 5.91 Å². The molecule has 0 bridgehead atoms. The molecule has 2 heterocycles. The number of urea groups is 1. The van der Waals surface area contributed by atoms with Crippen molar-refractivity contribution in [3.63, 3.8) is 0 Å². The van der Waals surface area contributed by atoms with Crippen LogP contribution in [0.2, 0.25) is 0 Å². The maximum Gasteiger partial charge on any atom is 0.324 e. The van der Waals surface area contributed by atoms with Gasteiger partial charge in [0.15, 0.2) is 0 Å². The van der Waals surface area contributed by atoms with E-state index in [1.165, 1.54) is 16.8 Å². The van der Waals surface area contributed by atoms with Crippen LogP contribution in [0.1, 0.15) is 11.4 Å². The van der Waals surface area contributed by atoms with Crippen LogP contribution < -0.4 is 14.8 Å². The van der Waals surface area contributed by atoms with E-state index in [-0.39, 0.29) is 19.0 Å². The van der Waals surface area contributed by atoms with Gasteiger partial charge in [0, 0.05) is 22.9 Å². The van der Waals surface area contributed by atoms with Crippen molar-refractivity contribution in [3.8, 4) is 5.75 Å². The monoisotopic (exact) mass is 409 g/mol. The number of amides is 3. The summed E-state index contributed by atoms with van der Waals surface area (Å²) >= 11 is 1.30. The molecule has 1 aliphatic heterocycles. The zero-order valence-corrected chi connectivity index (χ0v) is 15.4. The van der Waals surface area contributed by atoms with Gasteiger partial charge in [-0.2, -0.15) is 0 Å². The van der Waals surface area contributed by atoms with E-state index in [0.29, 0.717) is 23.7 Å². The van der Waals surface area contributed by atoms with Crippen molar-refractivity contribution in [2.45, 2.75) is 24.4 Å². The summed E-state index contributed by atoms with van der Waals surface area (Å²) < 4.78 is 32.5. The van der Waals surface area contributed by atoms with Gasteiger partial charge in [0.25, 0.3) is 6.43 Å². The molecule has 28 heavy (non-hydrogen) atoms. The van der Waals surface area contributed by atoms with Crippen LogP contribution in [0.25, 0.3) is 0 Å². The molecule has 148 valence electrons. The molecule has 2 N–H and O–H groups in total. The standard InChI is InChI=1S/C17H17F2N5O3S/c18-14(19)10-27-12-2-1-3-13(4-12)28-22-7-15-20-5-11(6-21-15)8-24-9-16(25)23-17(24)26/h1-6,14,22H,7-10H2,(H,23,25,26). The molecule has 0 atom stereocenters. The molecule has 3 rings (SSSR count). The van der Waals surface area contributed by atoms with E-state index < -0.39 is 19.1 Å². The molecule has 1 aromatic carbocycles. The van der Waals surface area contributed by atoms with Gasteiger partial charge in [-0.3, -0.25) is 14.8 Å². The molecule has 0 spiro atoms. The molecular formula is C17H17F2N5O3S. The fraction of sp³-hybridized carbons (Fsp3) is 0.294. The fourth-order valence-corrected chi connectivity index (χ4v) is 3.05. The van der Waals surface area contributed by atoms with Gasteiger partial charge < -0.3 is 9.64 Å². The second-order valence-electron chi connectivity index (χ2n) is 5.82. The number of nitrogens with zero attached hydrogens (tertiary/aromatic N) is 3. The van der Waals surface area contributed by atoms with Crippen molar-refractivity contribution in [2.24, 2.45) is 0 Å². The molecule has 1 saturated heterocycles. The van der Waals surface area contributed by atoms with Crippen LogP contribution in [-0.2, 0) is 17.9 Å². The lowest BCUT2D eigenvalue weighted by atomic mass is 10.3. The number of imide groups is 1. The zero-order chi connectivity index (χ0) is 19.9. The van der Waals surface area contributed by atoms with E-state index in [4.69, 9.17) is 4.74 Å². The summed E-state index contributed by atoms with van der Waals surface area (Å²) in [6.45, 7) is 0.00898. The summed E-state index contributed by atoms with van der Waals surface area (Å²) in [5, 5.41) is 2.21. The van der Waals surface area contributed by atoms with Crippen LogP contribution in [0.3, 0.4) is 0 Å². The predicted molar refractivity (Wildman–Crippen MR) is 96.6 cm³/mol. The van der Waals surface area contributed by atoms with E-state index in [0.717, 1.165) is 4.90 Å². The highest BCUT2D eigenvalue weighted by atomic mass is 32.2. The van der Waals surface area contributed by atoms with E-state index in [1.54, 1.807) is 30.6 Å². The Morgan fingerprint density at radius 2 is 2.07 bits per heavy atom. The average Bonchev–Trinajstić information content (AvgIpc) is 2.99. The second-order valence-corrected chi connectivity index (χ2v) is 6.78. The number of alkyl halides is 2. The Kier molecular flexibility index (Phi) is 6.71. The highest BCUT2D eigenvalue weighted by Gasteiger charge is 2.26. The molecule has 0 saturated carbocycles. The van der Waals surface area contributed by atoms with Crippen molar-refractivity contribution in [3.05, 3.63) is 48.0 Å². The van der Waals surface area contributed by atoms with Gasteiger partial charge >= 0.3 is 6.03 Å². The third kappa shape index (κ3) is 5.86. The summed E-state index contributed by atoms with van der Waals surface area (Å²) in [5.41, 5.74) is 0.713. The SMILES string of the molecule is O=C1CN(Cc2cnc(CNSc3cccc(OCC(F)F)c3)nc2)C(=O)N1. The maximum absolute atomic E-state index is 12.2. The summed E-state index contributed by atoms with van der Waals surface area (Å²) in [7, 11) is 0. The number of hydrogen-bond acceptors (Lipinski definition) is 7. The van der Waals surface area contributed by atoms with E-state index in [1.807, 2.05) is 6.07 Å². The minimum atomic E-state index is -2.52. The Morgan fingerprint density at radius 3 is 2.75 bits per heavy atom. The number of nitrogens with one attached hydrogen (secondary N) is 2. The molecule has 8 nitrogen and oxygen atoms in total. The molecule has 2 aromatic rings. The summed E-state index contributed by atoms with van der Waals surface area (Å²) in [6.07, 6.45) is 0.683. The van der Waals surface area contributed by atoms with Crippen LogP contribution in [0.4, 0.5) is 13.6 Å². The lowest BCUT2D eigenvalue weighted by Crippen LogP contribution is -2.27. The number of halogens is 2. The third-order valence-electron chi connectivity index (χ3n) is 3.60. The van der Waals surface area contributed by atoms with Crippen molar-refractivity contribution < 1.29 is 23.1 Å². The number of aromatic nitrogens is 2. The summed E-state index contributed by atoms with van der Waals surface area (Å²) in [5.74, 6) is 0.591. The van der Waals surface area contributed by atoms with E-state index in [2.05, 4.69) is 20.0 Å². The normalized spacial score (nSPS) is 13.9. The molecule has 1 aromatic heterocycles. The first kappa shape index (κ1) is 20.0. The Labute approximate surface area is 163 Å². The van der Waals surface area contributed by atoms with Crippen molar-refractivity contribution in [2.75, 3.05) is 13.2 Å². The van der Waals surface area contributed by atoms with E-state index >= 15 is 0 Å². The number of rotatable bonds is 9. The zero-order valence-electron chi connectivity index (χ0n) is 14.6. The first-order valence-corrected chi connectivity index (χ1v) is 9.10. The van der Waals surface area contributed by atoms with Crippen LogP contribution in [0.15, 0.2) is 41.6 Å². The second kappa shape index (κ2) is 9.42. The Hall–Kier alpha value is -2.79. The predicted octanol–water partition coefficient (Wildman–Crippen LogP) is 1.97. The number of benzene rings is 1. The molecule has 1 fully saturated rings. The number of hydrogen-bond donors (Lipinski definition) is 2. The Bertz CT molecular complexity index is 838. The summed E-state index contributed by atoms with van der Waals surface area (Å²) in [4.78, 5) is 33.3. The minimum absolute atomic E-state index is 0.0267. The molecule has 3 amide bonds. The van der Waals surface area contributed by atoms with Gasteiger partial charge in [-0.15, -0.1) is 0 Å². The van der Waals surface area contributed by atoms with Gasteiger partial charge in [0.05, 0.1) is 13.1 Å². The highest BCUT2D eigenvalue weighted by Crippen LogP contribution is 2.21. The van der Waals surface area contributed by atoms with Crippen LogP contribution in [0.5, 0.6) is 5.75 Å². The highest BCUT2D eigenvalue weighted by molar-refractivity contribution is 7.97. The third-order valence-corrected chi connectivity index (χ3v) is 4.38. The maximum atomic E-state index is 12.2. The lowest BCUT2D eigenvalue weighted by Gasteiger charge is -2.12. The van der Waals surface area contributed by atoms with Crippen LogP contribution >= 0.6 is 11.9 Å². The molecule has 0 aliphatic carbocycles. The first-order valence-electron chi connectivity index (χ1n) is 8.29.